The standard InChI is InChI=1S/C19H15FN6O2/c20-13-2-3-15-17-11(8-27-15)9-28-16-6-14(26-5-1-4-23-26)18-24-22-10-25(18)19(16)21-7-12(13)17/h1-6,10-11,21H,7-9H2/t11-/m1/s1. The predicted molar refractivity (Wildman–Crippen MR) is 97.6 cm³/mol. The van der Waals surface area contributed by atoms with Crippen molar-refractivity contribution >= 4 is 11.5 Å². The van der Waals surface area contributed by atoms with Crippen LogP contribution in [-0.2, 0) is 6.54 Å². The van der Waals surface area contributed by atoms with E-state index in [1.165, 1.54) is 6.07 Å². The summed E-state index contributed by atoms with van der Waals surface area (Å²) in [5.74, 6) is 1.74. The molecule has 0 saturated carbocycles. The van der Waals surface area contributed by atoms with Gasteiger partial charge in [0.1, 0.15) is 23.6 Å². The number of benzene rings is 1. The molecular formula is C19H15FN6O2. The lowest BCUT2D eigenvalue weighted by atomic mass is 9.96. The maximum Gasteiger partial charge on any atom is 0.188 e. The smallest absolute Gasteiger partial charge is 0.188 e. The number of hydrogen-bond donors (Lipinski definition) is 1. The van der Waals surface area contributed by atoms with Crippen molar-refractivity contribution in [3.63, 3.8) is 0 Å². The number of hydrogen-bond acceptors (Lipinski definition) is 6. The molecule has 0 saturated heterocycles. The van der Waals surface area contributed by atoms with Crippen LogP contribution in [0.15, 0.2) is 43.0 Å². The van der Waals surface area contributed by atoms with E-state index in [1.54, 1.807) is 27.7 Å². The summed E-state index contributed by atoms with van der Waals surface area (Å²) in [5, 5.41) is 15.9. The third-order valence-corrected chi connectivity index (χ3v) is 5.25. The Morgan fingerprint density at radius 2 is 2.07 bits per heavy atom. The Morgan fingerprint density at radius 1 is 1.18 bits per heavy atom. The van der Waals surface area contributed by atoms with Crippen LogP contribution in [0.4, 0.5) is 10.2 Å². The average molecular weight is 378 g/mol. The molecule has 6 rings (SSSR count). The van der Waals surface area contributed by atoms with Crippen molar-refractivity contribution in [3.05, 3.63) is 59.9 Å². The highest BCUT2D eigenvalue weighted by molar-refractivity contribution is 5.69. The van der Waals surface area contributed by atoms with Gasteiger partial charge in [-0.15, -0.1) is 10.2 Å². The molecule has 0 fully saturated rings. The first-order valence-electron chi connectivity index (χ1n) is 8.97. The van der Waals surface area contributed by atoms with E-state index in [9.17, 15) is 4.39 Å². The Hall–Kier alpha value is -3.62. The fourth-order valence-corrected chi connectivity index (χ4v) is 3.95. The minimum absolute atomic E-state index is 0.0294. The summed E-state index contributed by atoms with van der Waals surface area (Å²) < 4.78 is 30.0. The molecule has 0 aliphatic carbocycles. The second kappa shape index (κ2) is 5.69. The molecule has 9 heteroatoms. The second-order valence-electron chi connectivity index (χ2n) is 6.83. The molecular weight excluding hydrogens is 363 g/mol. The topological polar surface area (TPSA) is 78.5 Å². The van der Waals surface area contributed by atoms with Gasteiger partial charge in [0.25, 0.3) is 0 Å². The van der Waals surface area contributed by atoms with E-state index in [-0.39, 0.29) is 11.7 Å². The molecule has 8 nitrogen and oxygen atoms in total. The molecule has 0 amide bonds. The number of anilines is 1. The molecule has 1 aromatic carbocycles. The van der Waals surface area contributed by atoms with Gasteiger partial charge in [0.15, 0.2) is 17.2 Å². The molecule has 0 spiro atoms. The van der Waals surface area contributed by atoms with Gasteiger partial charge in [0.2, 0.25) is 0 Å². The molecule has 1 N–H and O–H groups in total. The number of fused-ring (bicyclic) bond motifs is 3. The van der Waals surface area contributed by atoms with Crippen LogP contribution in [0.1, 0.15) is 17.0 Å². The van der Waals surface area contributed by atoms with E-state index >= 15 is 0 Å². The Labute approximate surface area is 158 Å². The van der Waals surface area contributed by atoms with Crippen LogP contribution in [0.25, 0.3) is 11.3 Å². The van der Waals surface area contributed by atoms with Crippen LogP contribution in [-0.4, -0.2) is 37.6 Å². The molecule has 1 atom stereocenters. The molecule has 140 valence electrons. The number of aromatic nitrogens is 5. The molecule has 28 heavy (non-hydrogen) atoms. The fourth-order valence-electron chi connectivity index (χ4n) is 3.95. The number of nitrogens with zero attached hydrogens (tertiary/aromatic N) is 5. The third-order valence-electron chi connectivity index (χ3n) is 5.25. The predicted octanol–water partition coefficient (Wildman–Crippen LogP) is 2.53. The van der Waals surface area contributed by atoms with Crippen molar-refractivity contribution < 1.29 is 13.9 Å². The SMILES string of the molecule is Fc1ccc2c3c1CNc1c(cc(-n4cccn4)c4nncn14)OC[C@H]3CO2. The Morgan fingerprint density at radius 3 is 2.93 bits per heavy atom. The highest BCUT2D eigenvalue weighted by Crippen LogP contribution is 2.41. The lowest BCUT2D eigenvalue weighted by molar-refractivity contribution is 0.249. The molecule has 2 aliphatic heterocycles. The van der Waals surface area contributed by atoms with Crippen molar-refractivity contribution in [2.24, 2.45) is 0 Å². The van der Waals surface area contributed by atoms with Gasteiger partial charge in [0, 0.05) is 36.1 Å². The van der Waals surface area contributed by atoms with Gasteiger partial charge >= 0.3 is 0 Å². The molecule has 5 heterocycles. The van der Waals surface area contributed by atoms with Crippen LogP contribution in [0.2, 0.25) is 0 Å². The fraction of sp³-hybridized carbons (Fsp3) is 0.211. The quantitative estimate of drug-likeness (QED) is 0.548. The number of ether oxygens (including phenoxy) is 2. The second-order valence-corrected chi connectivity index (χ2v) is 6.83. The van der Waals surface area contributed by atoms with Crippen LogP contribution in [0.3, 0.4) is 0 Å². The average Bonchev–Trinajstić information content (AvgIpc) is 3.45. The van der Waals surface area contributed by atoms with Crippen molar-refractivity contribution in [2.75, 3.05) is 18.5 Å². The maximum absolute atomic E-state index is 14.6. The van der Waals surface area contributed by atoms with E-state index in [1.807, 2.05) is 18.3 Å². The molecule has 4 aromatic rings. The van der Waals surface area contributed by atoms with Crippen LogP contribution in [0.5, 0.6) is 11.5 Å². The summed E-state index contributed by atoms with van der Waals surface area (Å²) in [6, 6.07) is 6.85. The largest absolute Gasteiger partial charge is 0.493 e. The van der Waals surface area contributed by atoms with E-state index in [0.29, 0.717) is 42.5 Å². The van der Waals surface area contributed by atoms with Crippen molar-refractivity contribution in [2.45, 2.75) is 12.5 Å². The van der Waals surface area contributed by atoms with Crippen LogP contribution in [0, 0.1) is 5.82 Å². The first-order valence-corrected chi connectivity index (χ1v) is 8.97. The molecule has 0 unspecified atom stereocenters. The monoisotopic (exact) mass is 378 g/mol. The van der Waals surface area contributed by atoms with Gasteiger partial charge in [-0.3, -0.25) is 4.40 Å². The zero-order chi connectivity index (χ0) is 18.7. The van der Waals surface area contributed by atoms with Gasteiger partial charge in [-0.25, -0.2) is 9.07 Å². The van der Waals surface area contributed by atoms with E-state index in [4.69, 9.17) is 9.47 Å². The Bertz CT molecular complexity index is 1200. The summed E-state index contributed by atoms with van der Waals surface area (Å²) in [6.07, 6.45) is 5.14. The highest BCUT2D eigenvalue weighted by Gasteiger charge is 2.31. The summed E-state index contributed by atoms with van der Waals surface area (Å²) in [5.41, 5.74) is 2.86. The van der Waals surface area contributed by atoms with Gasteiger partial charge in [0.05, 0.1) is 19.1 Å². The summed E-state index contributed by atoms with van der Waals surface area (Å²) in [6.45, 7) is 1.16. The zero-order valence-corrected chi connectivity index (χ0v) is 14.7. The minimum atomic E-state index is -0.252. The summed E-state index contributed by atoms with van der Waals surface area (Å²) in [7, 11) is 0. The summed E-state index contributed by atoms with van der Waals surface area (Å²) in [4.78, 5) is 0. The molecule has 2 aliphatic rings. The highest BCUT2D eigenvalue weighted by atomic mass is 19.1. The van der Waals surface area contributed by atoms with E-state index < -0.39 is 0 Å². The first-order chi connectivity index (χ1) is 13.8. The minimum Gasteiger partial charge on any atom is -0.493 e. The summed E-state index contributed by atoms with van der Waals surface area (Å²) >= 11 is 0. The lowest BCUT2D eigenvalue weighted by Crippen LogP contribution is -2.13. The van der Waals surface area contributed by atoms with Gasteiger partial charge < -0.3 is 14.8 Å². The molecule has 0 radical (unpaired) electrons. The van der Waals surface area contributed by atoms with Crippen molar-refractivity contribution in [1.29, 1.82) is 0 Å². The normalized spacial score (nSPS) is 17.5. The van der Waals surface area contributed by atoms with Gasteiger partial charge in [-0.2, -0.15) is 5.10 Å². The van der Waals surface area contributed by atoms with E-state index in [2.05, 4.69) is 20.6 Å². The maximum atomic E-state index is 14.6. The number of rotatable bonds is 1. The lowest BCUT2D eigenvalue weighted by Gasteiger charge is -2.16. The first kappa shape index (κ1) is 15.4. The zero-order valence-electron chi connectivity index (χ0n) is 14.7. The number of nitrogens with one attached hydrogen (secondary N) is 1. The molecule has 0 bridgehead atoms. The van der Waals surface area contributed by atoms with Gasteiger partial charge in [-0.1, -0.05) is 0 Å². The Balaban J connectivity index is 1.53. The van der Waals surface area contributed by atoms with Crippen molar-refractivity contribution in [1.82, 2.24) is 24.4 Å². The van der Waals surface area contributed by atoms with Crippen LogP contribution >= 0.6 is 0 Å². The molecule has 3 aromatic heterocycles. The van der Waals surface area contributed by atoms with Gasteiger partial charge in [-0.05, 0) is 18.2 Å². The number of pyridine rings is 1. The van der Waals surface area contributed by atoms with Crippen molar-refractivity contribution in [3.8, 4) is 17.2 Å². The van der Waals surface area contributed by atoms with E-state index in [0.717, 1.165) is 17.0 Å². The van der Waals surface area contributed by atoms with Crippen LogP contribution < -0.4 is 14.8 Å². The Kier molecular flexibility index (Phi) is 3.14. The third kappa shape index (κ3) is 2.13. The number of halogens is 1.